The zero-order valence-electron chi connectivity index (χ0n) is 25.2. The van der Waals surface area contributed by atoms with Gasteiger partial charge in [0.1, 0.15) is 5.75 Å². The van der Waals surface area contributed by atoms with E-state index in [4.69, 9.17) is 24.1 Å². The first-order chi connectivity index (χ1) is 21.9. The van der Waals surface area contributed by atoms with Gasteiger partial charge in [-0.15, -0.1) is 0 Å². The van der Waals surface area contributed by atoms with E-state index in [9.17, 15) is 27.9 Å². The van der Waals surface area contributed by atoms with Crippen LogP contribution in [0.5, 0.6) is 17.2 Å². The third-order valence-corrected chi connectivity index (χ3v) is 7.87. The molecular weight excluding hydrogens is 609 g/mol. The van der Waals surface area contributed by atoms with Gasteiger partial charge in [0.2, 0.25) is 12.7 Å². The topological polar surface area (TPSA) is 135 Å². The van der Waals surface area contributed by atoms with Crippen LogP contribution in [0.3, 0.4) is 0 Å². The third-order valence-electron chi connectivity index (χ3n) is 7.87. The van der Waals surface area contributed by atoms with Crippen LogP contribution in [-0.4, -0.2) is 66.1 Å². The normalized spacial score (nSPS) is 19.5. The van der Waals surface area contributed by atoms with E-state index in [2.05, 4.69) is 12.2 Å². The Balaban J connectivity index is 0.000000617. The van der Waals surface area contributed by atoms with E-state index in [1.165, 1.54) is 0 Å². The largest absolute Gasteiger partial charge is 0.497 e. The van der Waals surface area contributed by atoms with Gasteiger partial charge in [-0.25, -0.2) is 4.79 Å². The highest BCUT2D eigenvalue weighted by Gasteiger charge is 2.48. The lowest BCUT2D eigenvalue weighted by molar-refractivity contribution is -0.192. The summed E-state index contributed by atoms with van der Waals surface area (Å²) in [5.74, 6) is -2.98. The van der Waals surface area contributed by atoms with E-state index in [0.717, 1.165) is 29.5 Å². The van der Waals surface area contributed by atoms with Crippen LogP contribution in [0.4, 0.5) is 13.2 Å². The lowest BCUT2D eigenvalue weighted by atomic mass is 9.82. The van der Waals surface area contributed by atoms with E-state index in [0.29, 0.717) is 23.8 Å². The number of carbonyl (C=O) groups is 3. The molecule has 1 saturated heterocycles. The maximum Gasteiger partial charge on any atom is 0.490 e. The maximum atomic E-state index is 13.5. The molecule has 5 rings (SSSR count). The fourth-order valence-corrected chi connectivity index (χ4v) is 5.79. The van der Waals surface area contributed by atoms with E-state index in [-0.39, 0.29) is 31.2 Å². The second kappa shape index (κ2) is 15.0. The monoisotopic (exact) mass is 644 g/mol. The Labute approximate surface area is 263 Å². The van der Waals surface area contributed by atoms with Crippen LogP contribution in [0.2, 0.25) is 0 Å². The molecule has 46 heavy (non-hydrogen) atoms. The second-order valence-corrected chi connectivity index (χ2v) is 10.9. The molecule has 3 aromatic carbocycles. The van der Waals surface area contributed by atoms with Crippen molar-refractivity contribution in [2.24, 2.45) is 5.92 Å². The number of fused-ring (bicyclic) bond motifs is 1. The van der Waals surface area contributed by atoms with E-state index in [1.807, 2.05) is 77.7 Å². The molecule has 2 aliphatic heterocycles. The number of nitrogens with one attached hydrogen (secondary N) is 1. The Kier molecular flexibility index (Phi) is 11.1. The third kappa shape index (κ3) is 8.27. The Bertz CT molecular complexity index is 1500. The van der Waals surface area contributed by atoms with Gasteiger partial charge in [-0.05, 0) is 47.4 Å². The van der Waals surface area contributed by atoms with E-state index in [1.54, 1.807) is 7.11 Å². The summed E-state index contributed by atoms with van der Waals surface area (Å²) in [6.07, 6.45) is -3.35. The zero-order valence-corrected chi connectivity index (χ0v) is 25.2. The number of carbonyl (C=O) groups excluding carboxylic acids is 1. The smallest absolute Gasteiger partial charge is 0.490 e. The molecule has 1 fully saturated rings. The van der Waals surface area contributed by atoms with Gasteiger partial charge >= 0.3 is 18.1 Å². The molecule has 10 nitrogen and oxygen atoms in total. The van der Waals surface area contributed by atoms with Gasteiger partial charge in [-0.1, -0.05) is 61.9 Å². The summed E-state index contributed by atoms with van der Waals surface area (Å²) >= 11 is 0. The quantitative estimate of drug-likeness (QED) is 0.260. The van der Waals surface area contributed by atoms with Gasteiger partial charge in [0.05, 0.1) is 25.6 Å². The lowest BCUT2D eigenvalue weighted by Gasteiger charge is -2.28. The SMILES string of the molecule is CCCC(NC(=O)CN1C[C@H](c2ccc3c(c2)OCO3)[C@@H](C(=O)O)[C@@H]1c1ccc(OC)cc1)c1ccccc1.O=C(O)C(F)(F)F. The molecule has 0 aromatic heterocycles. The Hall–Kier alpha value is -4.78. The first-order valence-electron chi connectivity index (χ1n) is 14.6. The Morgan fingerprint density at radius 2 is 1.61 bits per heavy atom. The van der Waals surface area contributed by atoms with Crippen LogP contribution in [-0.2, 0) is 14.4 Å². The van der Waals surface area contributed by atoms with Crippen molar-refractivity contribution in [2.75, 3.05) is 27.0 Å². The molecule has 3 N–H and O–H groups in total. The predicted octanol–water partition coefficient (Wildman–Crippen LogP) is 5.56. The predicted molar refractivity (Wildman–Crippen MR) is 160 cm³/mol. The van der Waals surface area contributed by atoms with E-state index >= 15 is 0 Å². The minimum absolute atomic E-state index is 0.0780. The number of hydrogen-bond acceptors (Lipinski definition) is 7. The average molecular weight is 645 g/mol. The zero-order chi connectivity index (χ0) is 33.4. The summed E-state index contributed by atoms with van der Waals surface area (Å²) in [5, 5.41) is 20.8. The molecule has 2 heterocycles. The van der Waals surface area contributed by atoms with E-state index < -0.39 is 30.1 Å². The molecule has 4 atom stereocenters. The number of benzene rings is 3. The molecule has 1 amide bonds. The van der Waals surface area contributed by atoms with Crippen molar-refractivity contribution >= 4 is 17.8 Å². The number of carboxylic acid groups (broad SMARTS) is 2. The highest BCUT2D eigenvalue weighted by atomic mass is 19.4. The van der Waals surface area contributed by atoms with Gasteiger partial charge in [0, 0.05) is 18.5 Å². The fourth-order valence-electron chi connectivity index (χ4n) is 5.79. The van der Waals surface area contributed by atoms with Crippen molar-refractivity contribution < 1.29 is 52.0 Å². The minimum Gasteiger partial charge on any atom is -0.497 e. The molecule has 13 heteroatoms. The highest BCUT2D eigenvalue weighted by Crippen LogP contribution is 2.47. The number of ether oxygens (including phenoxy) is 3. The first-order valence-corrected chi connectivity index (χ1v) is 14.6. The maximum absolute atomic E-state index is 13.5. The number of carboxylic acids is 2. The molecule has 0 saturated carbocycles. The summed E-state index contributed by atoms with van der Waals surface area (Å²) < 4.78 is 48.1. The van der Waals surface area contributed by atoms with Crippen molar-refractivity contribution in [3.63, 3.8) is 0 Å². The summed E-state index contributed by atoms with van der Waals surface area (Å²) in [7, 11) is 1.59. The van der Waals surface area contributed by atoms with Crippen LogP contribution in [0.15, 0.2) is 72.8 Å². The van der Waals surface area contributed by atoms with Crippen molar-refractivity contribution in [1.82, 2.24) is 10.2 Å². The number of amides is 1. The van der Waals surface area contributed by atoms with Crippen molar-refractivity contribution in [3.8, 4) is 17.2 Å². The van der Waals surface area contributed by atoms with Crippen LogP contribution < -0.4 is 19.5 Å². The average Bonchev–Trinajstić information content (AvgIpc) is 3.65. The van der Waals surface area contributed by atoms with Crippen LogP contribution in [0.25, 0.3) is 0 Å². The molecule has 3 aromatic rings. The Morgan fingerprint density at radius 3 is 2.20 bits per heavy atom. The number of nitrogens with zero attached hydrogens (tertiary/aromatic N) is 1. The summed E-state index contributed by atoms with van der Waals surface area (Å²) in [6.45, 7) is 2.72. The number of hydrogen-bond donors (Lipinski definition) is 3. The van der Waals surface area contributed by atoms with Crippen molar-refractivity contribution in [1.29, 1.82) is 0 Å². The fraction of sp³-hybridized carbons (Fsp3) is 0.364. The molecule has 0 aliphatic carbocycles. The van der Waals surface area contributed by atoms with Gasteiger partial charge in [0.15, 0.2) is 11.5 Å². The van der Waals surface area contributed by atoms with Crippen molar-refractivity contribution in [3.05, 3.63) is 89.5 Å². The van der Waals surface area contributed by atoms with Crippen LogP contribution in [0, 0.1) is 5.92 Å². The summed E-state index contributed by atoms with van der Waals surface area (Å²) in [4.78, 5) is 37.1. The summed E-state index contributed by atoms with van der Waals surface area (Å²) in [5.41, 5.74) is 2.73. The molecule has 0 spiro atoms. The minimum atomic E-state index is -5.08. The van der Waals surface area contributed by atoms with Crippen LogP contribution in [0.1, 0.15) is 54.5 Å². The van der Waals surface area contributed by atoms with Gasteiger partial charge in [-0.3, -0.25) is 14.5 Å². The molecule has 246 valence electrons. The van der Waals surface area contributed by atoms with Gasteiger partial charge in [0.25, 0.3) is 0 Å². The lowest BCUT2D eigenvalue weighted by Crippen LogP contribution is -2.39. The van der Waals surface area contributed by atoms with Gasteiger partial charge in [-0.2, -0.15) is 13.2 Å². The number of alkyl halides is 3. The highest BCUT2D eigenvalue weighted by molar-refractivity contribution is 5.79. The number of likely N-dealkylation sites (tertiary alicyclic amines) is 1. The van der Waals surface area contributed by atoms with Crippen LogP contribution >= 0.6 is 0 Å². The molecule has 2 aliphatic rings. The Morgan fingerprint density at radius 1 is 0.978 bits per heavy atom. The summed E-state index contributed by atoms with van der Waals surface area (Å²) in [6, 6.07) is 22.3. The first kappa shape index (κ1) is 34.1. The number of aliphatic carboxylic acids is 2. The van der Waals surface area contributed by atoms with Crippen molar-refractivity contribution in [2.45, 2.75) is 43.9 Å². The number of rotatable bonds is 10. The molecule has 0 radical (unpaired) electrons. The second-order valence-electron chi connectivity index (χ2n) is 10.9. The number of methoxy groups -OCH3 is 1. The molecule has 0 bridgehead atoms. The standard InChI is InChI=1S/C31H34N2O6.C2HF3O2/c1-3-7-25(20-8-5-4-6-9-20)32-28(34)18-33-17-24(22-12-15-26-27(16-22)39-19-38-26)29(31(35)36)30(33)21-10-13-23(37-2)14-11-21;3-2(4,5)1(6)7/h4-6,8-16,24-25,29-30H,3,7,17-19H2,1-2H3,(H,32,34)(H,35,36);(H,6,7)/t24-,25?,29-,30+;/m1./s1. The molecular formula is C33H35F3N2O8. The molecule has 1 unspecified atom stereocenters. The number of halogens is 3. The van der Waals surface area contributed by atoms with Gasteiger partial charge < -0.3 is 29.7 Å².